The molecule has 0 saturated heterocycles. The van der Waals surface area contributed by atoms with Crippen LogP contribution < -0.4 is 10.2 Å². The summed E-state index contributed by atoms with van der Waals surface area (Å²) in [5.74, 6) is -1.38. The van der Waals surface area contributed by atoms with E-state index in [1.807, 2.05) is 49.9 Å². The third-order valence-corrected chi connectivity index (χ3v) is 3.44. The first-order chi connectivity index (χ1) is 9.76. The molecule has 0 aliphatic carbocycles. The lowest BCUT2D eigenvalue weighted by Gasteiger charge is -2.34. The van der Waals surface area contributed by atoms with Crippen LogP contribution in [0.25, 0.3) is 0 Å². The second-order valence-electron chi connectivity index (χ2n) is 6.55. The van der Waals surface area contributed by atoms with Crippen LogP contribution in [0.2, 0.25) is 0 Å². The predicted octanol–water partition coefficient (Wildman–Crippen LogP) is 1.66. The number of carboxylic acids is 1. The molecule has 0 aromatic heterocycles. The van der Waals surface area contributed by atoms with E-state index in [-0.39, 0.29) is 18.0 Å². The van der Waals surface area contributed by atoms with Gasteiger partial charge in [-0.2, -0.15) is 0 Å². The van der Waals surface area contributed by atoms with Crippen LogP contribution in [-0.2, 0) is 16.0 Å². The molecule has 0 bridgehead atoms. The Morgan fingerprint density at radius 1 is 1.33 bits per heavy atom. The number of hydrogen-bond acceptors (Lipinski definition) is 3. The first kappa shape index (κ1) is 15.4. The maximum atomic E-state index is 12.1. The van der Waals surface area contributed by atoms with Crippen LogP contribution >= 0.6 is 0 Å². The quantitative estimate of drug-likeness (QED) is 0.888. The SMILES string of the molecule is CC(C)(C)NC(=O)CN1CC(C(=O)O)Cc2ccccc21. The van der Waals surface area contributed by atoms with E-state index in [1.54, 1.807) is 0 Å². The largest absolute Gasteiger partial charge is 0.481 e. The summed E-state index contributed by atoms with van der Waals surface area (Å²) in [6.07, 6.45) is 0.517. The van der Waals surface area contributed by atoms with Gasteiger partial charge in [0.05, 0.1) is 12.5 Å². The highest BCUT2D eigenvalue weighted by Gasteiger charge is 2.30. The van der Waals surface area contributed by atoms with Gasteiger partial charge in [-0.05, 0) is 38.8 Å². The van der Waals surface area contributed by atoms with Crippen LogP contribution in [-0.4, -0.2) is 35.6 Å². The number of benzene rings is 1. The van der Waals surface area contributed by atoms with Gasteiger partial charge in [-0.15, -0.1) is 0 Å². The molecule has 2 rings (SSSR count). The lowest BCUT2D eigenvalue weighted by molar-refractivity contribution is -0.141. The number of carboxylic acid groups (broad SMARTS) is 1. The molecule has 1 aliphatic heterocycles. The van der Waals surface area contributed by atoms with Gasteiger partial charge in [0.25, 0.3) is 0 Å². The molecule has 0 fully saturated rings. The number of amides is 1. The van der Waals surface area contributed by atoms with Crippen LogP contribution in [0.5, 0.6) is 0 Å². The molecule has 1 aliphatic rings. The van der Waals surface area contributed by atoms with Gasteiger partial charge in [0.1, 0.15) is 0 Å². The minimum Gasteiger partial charge on any atom is -0.481 e. The summed E-state index contributed by atoms with van der Waals surface area (Å²) in [5.41, 5.74) is 1.65. The maximum absolute atomic E-state index is 12.1. The van der Waals surface area contributed by atoms with E-state index in [2.05, 4.69) is 5.32 Å². The third-order valence-electron chi connectivity index (χ3n) is 3.44. The second kappa shape index (κ2) is 5.76. The summed E-state index contributed by atoms with van der Waals surface area (Å²) in [6, 6.07) is 7.68. The first-order valence-electron chi connectivity index (χ1n) is 7.13. The van der Waals surface area contributed by atoms with Crippen molar-refractivity contribution in [2.24, 2.45) is 5.92 Å². The minimum absolute atomic E-state index is 0.0941. The average Bonchev–Trinajstić information content (AvgIpc) is 2.36. The molecule has 1 heterocycles. The van der Waals surface area contributed by atoms with Gasteiger partial charge < -0.3 is 15.3 Å². The smallest absolute Gasteiger partial charge is 0.308 e. The number of carbonyl (C=O) groups is 2. The van der Waals surface area contributed by atoms with Gasteiger partial charge in [0.15, 0.2) is 0 Å². The fourth-order valence-corrected chi connectivity index (χ4v) is 2.63. The Balaban J connectivity index is 2.18. The maximum Gasteiger partial charge on any atom is 0.308 e. The molecular weight excluding hydrogens is 268 g/mol. The average molecular weight is 290 g/mol. The molecule has 2 N–H and O–H groups in total. The molecular formula is C16H22N2O3. The summed E-state index contributed by atoms with van der Waals surface area (Å²) in [6.45, 7) is 6.32. The van der Waals surface area contributed by atoms with Gasteiger partial charge in [-0.25, -0.2) is 0 Å². The minimum atomic E-state index is -0.814. The van der Waals surface area contributed by atoms with Crippen molar-refractivity contribution in [3.63, 3.8) is 0 Å². The number of nitrogens with one attached hydrogen (secondary N) is 1. The van der Waals surface area contributed by atoms with Gasteiger partial charge >= 0.3 is 5.97 Å². The summed E-state index contributed by atoms with van der Waals surface area (Å²) < 4.78 is 0. The van der Waals surface area contributed by atoms with Crippen LogP contribution in [0.4, 0.5) is 5.69 Å². The molecule has 1 amide bonds. The van der Waals surface area contributed by atoms with Crippen LogP contribution in [0, 0.1) is 5.92 Å². The number of aliphatic carboxylic acids is 1. The normalized spacial score (nSPS) is 18.0. The Morgan fingerprint density at radius 3 is 2.62 bits per heavy atom. The van der Waals surface area contributed by atoms with Gasteiger partial charge in [0, 0.05) is 17.8 Å². The molecule has 0 spiro atoms. The summed E-state index contributed by atoms with van der Waals surface area (Å²) in [7, 11) is 0. The Kier molecular flexibility index (Phi) is 4.21. The Bertz CT molecular complexity index is 549. The van der Waals surface area contributed by atoms with E-state index >= 15 is 0 Å². The van der Waals surface area contributed by atoms with E-state index in [0.29, 0.717) is 13.0 Å². The summed E-state index contributed by atoms with van der Waals surface area (Å²) in [5, 5.41) is 12.2. The van der Waals surface area contributed by atoms with Crippen molar-refractivity contribution in [2.75, 3.05) is 18.0 Å². The van der Waals surface area contributed by atoms with Crippen molar-refractivity contribution in [3.8, 4) is 0 Å². The molecule has 0 saturated carbocycles. The lowest BCUT2D eigenvalue weighted by Crippen LogP contribution is -2.48. The van der Waals surface area contributed by atoms with Crippen molar-refractivity contribution in [3.05, 3.63) is 29.8 Å². The zero-order valence-electron chi connectivity index (χ0n) is 12.7. The van der Waals surface area contributed by atoms with Crippen LogP contribution in [0.1, 0.15) is 26.3 Å². The first-order valence-corrected chi connectivity index (χ1v) is 7.13. The number of rotatable bonds is 3. The van der Waals surface area contributed by atoms with E-state index in [1.165, 1.54) is 0 Å². The number of anilines is 1. The molecule has 5 nitrogen and oxygen atoms in total. The molecule has 1 atom stereocenters. The highest BCUT2D eigenvalue weighted by atomic mass is 16.4. The van der Waals surface area contributed by atoms with Gasteiger partial charge in [-0.3, -0.25) is 9.59 Å². The van der Waals surface area contributed by atoms with Crippen molar-refractivity contribution in [2.45, 2.75) is 32.7 Å². The fourth-order valence-electron chi connectivity index (χ4n) is 2.63. The zero-order valence-corrected chi connectivity index (χ0v) is 12.7. The Labute approximate surface area is 125 Å². The van der Waals surface area contributed by atoms with Crippen molar-refractivity contribution in [1.82, 2.24) is 5.32 Å². The van der Waals surface area contributed by atoms with Crippen LogP contribution in [0.3, 0.4) is 0 Å². The fraction of sp³-hybridized carbons (Fsp3) is 0.500. The highest BCUT2D eigenvalue weighted by molar-refractivity contribution is 5.83. The standard InChI is InChI=1S/C16H22N2O3/c1-16(2,3)17-14(19)10-18-9-12(15(20)21)8-11-6-4-5-7-13(11)18/h4-7,12H,8-10H2,1-3H3,(H,17,19)(H,20,21). The Morgan fingerprint density at radius 2 is 2.00 bits per heavy atom. The Hall–Kier alpha value is -2.04. The number of nitrogens with zero attached hydrogens (tertiary/aromatic N) is 1. The van der Waals surface area contributed by atoms with Gasteiger partial charge in [-0.1, -0.05) is 18.2 Å². The number of fused-ring (bicyclic) bond motifs is 1. The molecule has 114 valence electrons. The van der Waals surface area contributed by atoms with Crippen LogP contribution in [0.15, 0.2) is 24.3 Å². The monoisotopic (exact) mass is 290 g/mol. The lowest BCUT2D eigenvalue weighted by atomic mass is 9.92. The van der Waals surface area contributed by atoms with E-state index in [9.17, 15) is 14.7 Å². The molecule has 5 heteroatoms. The highest BCUT2D eigenvalue weighted by Crippen LogP contribution is 2.29. The van der Waals surface area contributed by atoms with Gasteiger partial charge in [0.2, 0.25) is 5.91 Å². The molecule has 1 aromatic carbocycles. The molecule has 1 unspecified atom stereocenters. The van der Waals surface area contributed by atoms with Crippen molar-refractivity contribution >= 4 is 17.6 Å². The second-order valence-corrected chi connectivity index (χ2v) is 6.55. The summed E-state index contributed by atoms with van der Waals surface area (Å²) >= 11 is 0. The van der Waals surface area contributed by atoms with E-state index in [4.69, 9.17) is 0 Å². The molecule has 21 heavy (non-hydrogen) atoms. The van der Waals surface area contributed by atoms with E-state index in [0.717, 1.165) is 11.3 Å². The predicted molar refractivity (Wildman–Crippen MR) is 81.4 cm³/mol. The number of carbonyl (C=O) groups excluding carboxylic acids is 1. The third kappa shape index (κ3) is 3.97. The molecule has 0 radical (unpaired) electrons. The van der Waals surface area contributed by atoms with Crippen molar-refractivity contribution < 1.29 is 14.7 Å². The topological polar surface area (TPSA) is 69.6 Å². The molecule has 1 aromatic rings. The van der Waals surface area contributed by atoms with Crippen molar-refractivity contribution in [1.29, 1.82) is 0 Å². The summed E-state index contributed by atoms with van der Waals surface area (Å²) in [4.78, 5) is 25.3. The number of para-hydroxylation sites is 1. The number of hydrogen-bond donors (Lipinski definition) is 2. The zero-order chi connectivity index (χ0) is 15.6. The van der Waals surface area contributed by atoms with E-state index < -0.39 is 11.9 Å².